The second-order valence-electron chi connectivity index (χ2n) is 3.85. The van der Waals surface area contributed by atoms with Crippen LogP contribution in [0.3, 0.4) is 0 Å². The minimum absolute atomic E-state index is 0.0158. The normalized spacial score (nSPS) is 12.1. The van der Waals surface area contributed by atoms with Crippen LogP contribution in [0, 0.1) is 0 Å². The van der Waals surface area contributed by atoms with Crippen molar-refractivity contribution in [1.29, 1.82) is 0 Å². The number of esters is 1. The maximum Gasteiger partial charge on any atom is 0.379 e. The van der Waals surface area contributed by atoms with Crippen LogP contribution in [0.1, 0.15) is 12.5 Å². The lowest BCUT2D eigenvalue weighted by atomic mass is 10.1. The molecule has 0 aliphatic heterocycles. The van der Waals surface area contributed by atoms with Crippen LogP contribution >= 0.6 is 23.4 Å². The topological polar surface area (TPSA) is 63.6 Å². The Morgan fingerprint density at radius 2 is 2.10 bits per heavy atom. The number of rotatable bonds is 6. The molecule has 21 heavy (non-hydrogen) atoms. The number of hydrogen-bond donors (Lipinski definition) is 1. The van der Waals surface area contributed by atoms with E-state index < -0.39 is 11.8 Å². The fraction of sp³-hybridized carbons (Fsp3) is 0.200. The minimum atomic E-state index is -0.920. The van der Waals surface area contributed by atoms with Crippen molar-refractivity contribution in [2.45, 2.75) is 6.92 Å². The lowest BCUT2D eigenvalue weighted by molar-refractivity contribution is -0.151. The predicted octanol–water partition coefficient (Wildman–Crippen LogP) is 3.62. The first kappa shape index (κ1) is 17.3. The Kier molecular flexibility index (Phi) is 7.05. The third-order valence-electron chi connectivity index (χ3n) is 2.41. The van der Waals surface area contributed by atoms with E-state index in [2.05, 4.69) is 4.74 Å². The van der Waals surface area contributed by atoms with E-state index in [1.54, 1.807) is 37.4 Å². The van der Waals surface area contributed by atoms with Crippen LogP contribution in [0.25, 0.3) is 5.76 Å². The van der Waals surface area contributed by atoms with Crippen molar-refractivity contribution in [3.63, 3.8) is 0 Å². The smallest absolute Gasteiger partial charge is 0.379 e. The number of carbonyl (C=O) groups is 2. The second kappa shape index (κ2) is 8.54. The summed E-state index contributed by atoms with van der Waals surface area (Å²) in [7, 11) is 0. The highest BCUT2D eigenvalue weighted by molar-refractivity contribution is 8.02. The Labute approximate surface area is 132 Å². The summed E-state index contributed by atoms with van der Waals surface area (Å²) in [6, 6.07) is 6.70. The van der Waals surface area contributed by atoms with Crippen molar-refractivity contribution in [3.8, 4) is 0 Å². The number of carbonyl (C=O) groups excluding carboxylic acids is 2. The molecule has 0 fully saturated rings. The fourth-order valence-electron chi connectivity index (χ4n) is 1.44. The van der Waals surface area contributed by atoms with E-state index in [1.165, 1.54) is 17.8 Å². The summed E-state index contributed by atoms with van der Waals surface area (Å²) < 4.78 is 4.59. The number of benzene rings is 1. The van der Waals surface area contributed by atoms with Gasteiger partial charge in [0.1, 0.15) is 5.76 Å². The van der Waals surface area contributed by atoms with Crippen LogP contribution in [-0.4, -0.2) is 29.7 Å². The molecule has 0 atom stereocenters. The molecule has 0 radical (unpaired) electrons. The highest BCUT2D eigenvalue weighted by Gasteiger charge is 2.12. The molecule has 0 saturated carbocycles. The van der Waals surface area contributed by atoms with Gasteiger partial charge in [-0.05, 0) is 37.5 Å². The molecule has 0 aromatic heterocycles. The maximum absolute atomic E-state index is 11.5. The number of ether oxygens (including phenoxy) is 1. The summed E-state index contributed by atoms with van der Waals surface area (Å²) >= 11 is 7.11. The summed E-state index contributed by atoms with van der Waals surface area (Å²) in [6.45, 7) is 1.75. The molecule has 6 heteroatoms. The highest BCUT2D eigenvalue weighted by atomic mass is 35.5. The summed E-state index contributed by atoms with van der Waals surface area (Å²) in [5, 5.41) is 10.7. The van der Waals surface area contributed by atoms with Crippen LogP contribution in [0.15, 0.2) is 41.3 Å². The number of aliphatic hydroxyl groups is 1. The van der Waals surface area contributed by atoms with Gasteiger partial charge >= 0.3 is 5.97 Å². The zero-order valence-corrected chi connectivity index (χ0v) is 13.2. The van der Waals surface area contributed by atoms with Gasteiger partial charge in [0.2, 0.25) is 0 Å². The number of thioether (sulfide) groups is 1. The monoisotopic (exact) mass is 326 g/mol. The molecular formula is C15H15ClO4S. The lowest BCUT2D eigenvalue weighted by Crippen LogP contribution is -2.14. The molecule has 112 valence electrons. The Morgan fingerprint density at radius 3 is 2.67 bits per heavy atom. The molecule has 1 aromatic rings. The van der Waals surface area contributed by atoms with Gasteiger partial charge in [-0.25, -0.2) is 4.79 Å². The van der Waals surface area contributed by atoms with E-state index >= 15 is 0 Å². The van der Waals surface area contributed by atoms with Crippen molar-refractivity contribution in [1.82, 2.24) is 0 Å². The van der Waals surface area contributed by atoms with Gasteiger partial charge in [-0.1, -0.05) is 23.7 Å². The van der Waals surface area contributed by atoms with Crippen molar-refractivity contribution in [2.24, 2.45) is 0 Å². The maximum atomic E-state index is 11.5. The molecule has 1 aromatic carbocycles. The Morgan fingerprint density at radius 1 is 1.38 bits per heavy atom. The molecule has 0 aliphatic carbocycles. The number of hydrogen-bond acceptors (Lipinski definition) is 5. The van der Waals surface area contributed by atoms with E-state index in [1.807, 2.05) is 0 Å². The van der Waals surface area contributed by atoms with Gasteiger partial charge in [-0.15, -0.1) is 11.8 Å². The molecule has 1 rings (SSSR count). The van der Waals surface area contributed by atoms with Crippen molar-refractivity contribution in [2.75, 3.05) is 12.9 Å². The van der Waals surface area contributed by atoms with Crippen molar-refractivity contribution >= 4 is 40.9 Å². The van der Waals surface area contributed by atoms with Gasteiger partial charge in [0.05, 0.1) is 6.61 Å². The number of ketones is 1. The Bertz CT molecular complexity index is 593. The van der Waals surface area contributed by atoms with E-state index in [4.69, 9.17) is 11.6 Å². The van der Waals surface area contributed by atoms with Crippen molar-refractivity contribution < 1.29 is 19.4 Å². The molecule has 0 aliphatic rings. The molecule has 0 amide bonds. The third kappa shape index (κ3) is 5.28. The van der Waals surface area contributed by atoms with E-state index in [9.17, 15) is 14.7 Å². The SMILES string of the molecule is CCOC(=O)C(=O)/C=C/C(SC)=C(\O)c1cccc(Cl)c1. The zero-order valence-electron chi connectivity index (χ0n) is 11.6. The molecule has 0 saturated heterocycles. The summed E-state index contributed by atoms with van der Waals surface area (Å²) in [5.41, 5.74) is 0.528. The predicted molar refractivity (Wildman–Crippen MR) is 85.3 cm³/mol. The third-order valence-corrected chi connectivity index (χ3v) is 3.42. The van der Waals surface area contributed by atoms with Gasteiger partial charge in [-0.2, -0.15) is 0 Å². The van der Waals surface area contributed by atoms with Gasteiger partial charge in [0, 0.05) is 15.5 Å². The van der Waals surface area contributed by atoms with Crippen LogP contribution in [-0.2, 0) is 14.3 Å². The Balaban J connectivity index is 2.99. The lowest BCUT2D eigenvalue weighted by Gasteiger charge is -2.05. The van der Waals surface area contributed by atoms with E-state index in [-0.39, 0.29) is 12.4 Å². The largest absolute Gasteiger partial charge is 0.506 e. The fourth-order valence-corrected chi connectivity index (χ4v) is 2.15. The number of allylic oxidation sites excluding steroid dienone is 1. The average molecular weight is 327 g/mol. The highest BCUT2D eigenvalue weighted by Crippen LogP contribution is 2.26. The minimum Gasteiger partial charge on any atom is -0.506 e. The first-order valence-corrected chi connectivity index (χ1v) is 7.72. The number of aliphatic hydroxyl groups excluding tert-OH is 1. The summed E-state index contributed by atoms with van der Waals surface area (Å²) in [5.74, 6) is -1.71. The molecule has 0 spiro atoms. The molecule has 4 nitrogen and oxygen atoms in total. The van der Waals surface area contributed by atoms with E-state index in [0.29, 0.717) is 15.5 Å². The van der Waals surface area contributed by atoms with Gasteiger partial charge < -0.3 is 9.84 Å². The summed E-state index contributed by atoms with van der Waals surface area (Å²) in [4.78, 5) is 23.1. The van der Waals surface area contributed by atoms with Crippen LogP contribution in [0.4, 0.5) is 0 Å². The first-order valence-electron chi connectivity index (χ1n) is 6.12. The quantitative estimate of drug-likeness (QED) is 0.284. The summed E-state index contributed by atoms with van der Waals surface area (Å²) in [6.07, 6.45) is 4.19. The van der Waals surface area contributed by atoms with E-state index in [0.717, 1.165) is 6.08 Å². The molecule has 0 heterocycles. The van der Waals surface area contributed by atoms with Crippen LogP contribution < -0.4 is 0 Å². The first-order chi connectivity index (χ1) is 9.99. The molecule has 0 unspecified atom stereocenters. The average Bonchev–Trinajstić information content (AvgIpc) is 2.47. The standard InChI is InChI=1S/C15H15ClO4S/c1-3-20-15(19)12(17)7-8-13(21-2)14(18)10-5-4-6-11(16)9-10/h4-9,18H,3H2,1-2H3/b8-7+,14-13+. The Hall–Kier alpha value is -1.72. The van der Waals surface area contributed by atoms with Gasteiger partial charge in [0.25, 0.3) is 5.78 Å². The van der Waals surface area contributed by atoms with Crippen LogP contribution in [0.2, 0.25) is 5.02 Å². The van der Waals surface area contributed by atoms with Gasteiger partial charge in [-0.3, -0.25) is 4.79 Å². The van der Waals surface area contributed by atoms with Crippen molar-refractivity contribution in [3.05, 3.63) is 51.9 Å². The van der Waals surface area contributed by atoms with Crippen LogP contribution in [0.5, 0.6) is 0 Å². The number of halogens is 1. The second-order valence-corrected chi connectivity index (χ2v) is 5.13. The van der Waals surface area contributed by atoms with Gasteiger partial charge in [0.15, 0.2) is 0 Å². The molecule has 0 bridgehead atoms. The molecular weight excluding hydrogens is 312 g/mol. The molecule has 1 N–H and O–H groups in total. The zero-order chi connectivity index (χ0) is 15.8.